The lowest BCUT2D eigenvalue weighted by molar-refractivity contribution is -0.123. The Labute approximate surface area is 96.1 Å². The van der Waals surface area contributed by atoms with E-state index < -0.39 is 9.73 Å². The Bertz CT molecular complexity index is 497. The molecule has 86 valence electrons. The van der Waals surface area contributed by atoms with Gasteiger partial charge in [-0.15, -0.1) is 0 Å². The second-order valence-electron chi connectivity index (χ2n) is 4.17. The van der Waals surface area contributed by atoms with Gasteiger partial charge in [0.15, 0.2) is 0 Å². The van der Waals surface area contributed by atoms with E-state index in [0.717, 1.165) is 19.3 Å². The molecule has 0 N–H and O–H groups in total. The van der Waals surface area contributed by atoms with Crippen LogP contribution in [0, 0.1) is 5.92 Å². The van der Waals surface area contributed by atoms with Crippen molar-refractivity contribution in [1.29, 1.82) is 0 Å². The van der Waals surface area contributed by atoms with Gasteiger partial charge >= 0.3 is 0 Å². The van der Waals surface area contributed by atoms with Crippen LogP contribution in [0.5, 0.6) is 0 Å². The summed E-state index contributed by atoms with van der Waals surface area (Å²) >= 11 is 0. The molecular weight excluding hydrogens is 222 g/mol. The van der Waals surface area contributed by atoms with Gasteiger partial charge in [0.2, 0.25) is 0 Å². The summed E-state index contributed by atoms with van der Waals surface area (Å²) < 4.78 is 16.1. The van der Waals surface area contributed by atoms with Gasteiger partial charge in [0, 0.05) is 17.1 Å². The number of amides is 1. The van der Waals surface area contributed by atoms with Crippen molar-refractivity contribution in [3.05, 3.63) is 30.3 Å². The fourth-order valence-electron chi connectivity index (χ4n) is 1.63. The third-order valence-corrected chi connectivity index (χ3v) is 4.57. The average Bonchev–Trinajstić information content (AvgIpc) is 2.15. The predicted octanol–water partition coefficient (Wildman–Crippen LogP) is 2.47. The lowest BCUT2D eigenvalue weighted by Gasteiger charge is -2.21. The van der Waals surface area contributed by atoms with Crippen LogP contribution in [0.3, 0.4) is 0 Å². The van der Waals surface area contributed by atoms with Gasteiger partial charge in [0.25, 0.3) is 5.91 Å². The minimum atomic E-state index is -2.56. The Morgan fingerprint density at radius 2 is 1.94 bits per heavy atom. The van der Waals surface area contributed by atoms with Crippen LogP contribution in [-0.2, 0) is 14.5 Å². The maximum absolute atomic E-state index is 12.3. The number of carbonyl (C=O) groups excluding carboxylic acids is 1. The smallest absolute Gasteiger partial charge is 0.257 e. The van der Waals surface area contributed by atoms with Crippen LogP contribution >= 0.6 is 0 Å². The highest BCUT2D eigenvalue weighted by molar-refractivity contribution is 7.93. The van der Waals surface area contributed by atoms with Crippen molar-refractivity contribution in [1.82, 2.24) is 0 Å². The van der Waals surface area contributed by atoms with Crippen molar-refractivity contribution in [2.24, 2.45) is 10.3 Å². The summed E-state index contributed by atoms with van der Waals surface area (Å²) in [5.74, 6) is -0.174. The average molecular weight is 237 g/mol. The fraction of sp³-hybridized carbons (Fsp3) is 0.417. The Morgan fingerprint density at radius 1 is 1.31 bits per heavy atom. The molecule has 0 heterocycles. The minimum absolute atomic E-state index is 0.0180. The van der Waals surface area contributed by atoms with E-state index in [-0.39, 0.29) is 11.8 Å². The highest BCUT2D eigenvalue weighted by atomic mass is 32.2. The van der Waals surface area contributed by atoms with Gasteiger partial charge in [0.05, 0.1) is 9.73 Å². The van der Waals surface area contributed by atoms with Crippen LogP contribution in [0.25, 0.3) is 0 Å². The van der Waals surface area contributed by atoms with Gasteiger partial charge in [-0.2, -0.15) is 4.36 Å². The summed E-state index contributed by atoms with van der Waals surface area (Å²) in [5.41, 5.74) is 0. The topological polar surface area (TPSA) is 46.5 Å². The summed E-state index contributed by atoms with van der Waals surface area (Å²) in [6.07, 6.45) is 4.40. The Hall–Kier alpha value is -1.16. The van der Waals surface area contributed by atoms with Crippen LogP contribution in [0.15, 0.2) is 39.6 Å². The van der Waals surface area contributed by atoms with E-state index >= 15 is 0 Å². The number of hydrogen-bond acceptors (Lipinski definition) is 2. The second kappa shape index (κ2) is 4.37. The molecule has 1 aromatic rings. The zero-order valence-corrected chi connectivity index (χ0v) is 10.1. The maximum Gasteiger partial charge on any atom is 0.257 e. The zero-order chi connectivity index (χ0) is 11.6. The quantitative estimate of drug-likeness (QED) is 0.793. The van der Waals surface area contributed by atoms with Gasteiger partial charge in [-0.25, -0.2) is 4.21 Å². The monoisotopic (exact) mass is 237 g/mol. The van der Waals surface area contributed by atoms with E-state index in [1.54, 1.807) is 12.1 Å². The molecule has 1 aliphatic rings. The summed E-state index contributed by atoms with van der Waals surface area (Å²) in [7, 11) is -2.56. The highest BCUT2D eigenvalue weighted by Crippen LogP contribution is 2.28. The summed E-state index contributed by atoms with van der Waals surface area (Å²) in [4.78, 5) is 12.3. The van der Waals surface area contributed by atoms with Gasteiger partial charge in [0.1, 0.15) is 0 Å². The maximum atomic E-state index is 12.3. The van der Waals surface area contributed by atoms with E-state index in [1.807, 2.05) is 18.2 Å². The molecule has 4 heteroatoms. The Morgan fingerprint density at radius 3 is 2.44 bits per heavy atom. The van der Waals surface area contributed by atoms with E-state index in [4.69, 9.17) is 0 Å². The van der Waals surface area contributed by atoms with E-state index in [9.17, 15) is 9.00 Å². The molecule has 1 saturated carbocycles. The highest BCUT2D eigenvalue weighted by Gasteiger charge is 2.26. The molecule has 2 rings (SSSR count). The SMILES string of the molecule is CS(=O)(=NC(=O)C1CCC1)c1ccccc1. The van der Waals surface area contributed by atoms with Crippen molar-refractivity contribution in [2.75, 3.05) is 6.26 Å². The molecule has 1 aliphatic carbocycles. The molecule has 0 spiro atoms. The van der Waals surface area contributed by atoms with Crippen LogP contribution in [0.1, 0.15) is 19.3 Å². The van der Waals surface area contributed by atoms with Crippen molar-refractivity contribution < 1.29 is 9.00 Å². The molecule has 1 unspecified atom stereocenters. The number of benzene rings is 1. The van der Waals surface area contributed by atoms with Crippen LogP contribution in [-0.4, -0.2) is 16.4 Å². The fourth-order valence-corrected chi connectivity index (χ4v) is 2.89. The number of carbonyl (C=O) groups is 1. The molecule has 0 aromatic heterocycles. The normalized spacial score (nSPS) is 19.6. The largest absolute Gasteiger partial charge is 0.272 e. The molecular formula is C12H15NO2S. The molecule has 0 bridgehead atoms. The molecule has 1 amide bonds. The van der Waals surface area contributed by atoms with Crippen molar-refractivity contribution in [3.8, 4) is 0 Å². The van der Waals surface area contributed by atoms with Crippen LogP contribution < -0.4 is 0 Å². The molecule has 3 nitrogen and oxygen atoms in total. The molecule has 16 heavy (non-hydrogen) atoms. The standard InChI is InChI=1S/C12H15NO2S/c1-16(15,11-8-3-2-4-9-11)13-12(14)10-6-5-7-10/h2-4,8-10H,5-7H2,1H3. The predicted molar refractivity (Wildman–Crippen MR) is 63.6 cm³/mol. The summed E-state index contributed by atoms with van der Waals surface area (Å²) in [5, 5.41) is 0. The first-order chi connectivity index (χ1) is 7.59. The van der Waals surface area contributed by atoms with Crippen LogP contribution in [0.2, 0.25) is 0 Å². The third-order valence-electron chi connectivity index (χ3n) is 2.90. The van der Waals surface area contributed by atoms with Crippen molar-refractivity contribution in [2.45, 2.75) is 24.2 Å². The van der Waals surface area contributed by atoms with Gasteiger partial charge in [-0.05, 0) is 25.0 Å². The van der Waals surface area contributed by atoms with Crippen molar-refractivity contribution >= 4 is 15.6 Å². The number of rotatable bonds is 2. The Kier molecular flexibility index (Phi) is 3.10. The lowest BCUT2D eigenvalue weighted by Crippen LogP contribution is -2.21. The van der Waals surface area contributed by atoms with Crippen molar-refractivity contribution in [3.63, 3.8) is 0 Å². The minimum Gasteiger partial charge on any atom is -0.272 e. The molecule has 1 aromatic carbocycles. The summed E-state index contributed by atoms with van der Waals surface area (Å²) in [6, 6.07) is 8.97. The van der Waals surface area contributed by atoms with E-state index in [2.05, 4.69) is 4.36 Å². The lowest BCUT2D eigenvalue weighted by atomic mass is 9.85. The van der Waals surface area contributed by atoms with E-state index in [0.29, 0.717) is 4.90 Å². The summed E-state index contributed by atoms with van der Waals surface area (Å²) in [6.45, 7) is 0. The zero-order valence-electron chi connectivity index (χ0n) is 9.26. The molecule has 0 radical (unpaired) electrons. The van der Waals surface area contributed by atoms with Gasteiger partial charge in [-0.1, -0.05) is 24.6 Å². The number of nitrogens with zero attached hydrogens (tertiary/aromatic N) is 1. The number of hydrogen-bond donors (Lipinski definition) is 0. The van der Waals surface area contributed by atoms with Gasteiger partial charge in [-0.3, -0.25) is 4.79 Å². The molecule has 1 fully saturated rings. The first-order valence-corrected chi connectivity index (χ1v) is 7.33. The second-order valence-corrected chi connectivity index (χ2v) is 6.43. The van der Waals surface area contributed by atoms with E-state index in [1.165, 1.54) is 6.26 Å². The first-order valence-electron chi connectivity index (χ1n) is 5.41. The first kappa shape index (κ1) is 11.3. The molecule has 0 aliphatic heterocycles. The van der Waals surface area contributed by atoms with Crippen LogP contribution in [0.4, 0.5) is 0 Å². The Balaban J connectivity index is 2.27. The molecule has 0 saturated heterocycles. The van der Waals surface area contributed by atoms with Gasteiger partial charge < -0.3 is 0 Å². The third kappa shape index (κ3) is 2.32. The molecule has 1 atom stereocenters.